The van der Waals surface area contributed by atoms with Gasteiger partial charge >= 0.3 is 6.18 Å². The van der Waals surface area contributed by atoms with Crippen LogP contribution in [-0.4, -0.2) is 16.2 Å². The van der Waals surface area contributed by atoms with E-state index in [-0.39, 0.29) is 17.3 Å². The lowest BCUT2D eigenvalue weighted by Crippen LogP contribution is -2.19. The Morgan fingerprint density at radius 2 is 2.03 bits per heavy atom. The third-order valence-corrected chi connectivity index (χ3v) is 5.27. The highest BCUT2D eigenvalue weighted by atomic mass is 19.4. The Kier molecular flexibility index (Phi) is 5.27. The molecule has 1 unspecified atom stereocenters. The number of hydrogen-bond acceptors (Lipinski definition) is 4. The minimum absolute atomic E-state index is 0.0779. The fourth-order valence-corrected chi connectivity index (χ4v) is 3.73. The van der Waals surface area contributed by atoms with Crippen LogP contribution in [0.3, 0.4) is 0 Å². The number of anilines is 2. The largest absolute Gasteiger partial charge is 0.423 e. The van der Waals surface area contributed by atoms with Crippen LogP contribution in [0.2, 0.25) is 0 Å². The molecule has 158 valence electrons. The van der Waals surface area contributed by atoms with Crippen molar-refractivity contribution < 1.29 is 27.1 Å². The maximum atomic E-state index is 14.5. The predicted octanol–water partition coefficient (Wildman–Crippen LogP) is 5.66. The van der Waals surface area contributed by atoms with Crippen LogP contribution in [0, 0.1) is 5.82 Å². The van der Waals surface area contributed by atoms with Crippen molar-refractivity contribution in [3.63, 3.8) is 0 Å². The monoisotopic (exact) mass is 420 g/mol. The molecular weight excluding hydrogens is 400 g/mol. The average molecular weight is 420 g/mol. The molecule has 8 heteroatoms. The van der Waals surface area contributed by atoms with E-state index in [0.717, 1.165) is 35.4 Å². The van der Waals surface area contributed by atoms with Crippen molar-refractivity contribution in [2.24, 2.45) is 0 Å². The van der Waals surface area contributed by atoms with E-state index in [1.54, 1.807) is 6.92 Å². The summed E-state index contributed by atoms with van der Waals surface area (Å²) in [6.07, 6.45) is -2.68. The van der Waals surface area contributed by atoms with Gasteiger partial charge in [0.1, 0.15) is 5.82 Å². The van der Waals surface area contributed by atoms with Gasteiger partial charge in [0, 0.05) is 12.1 Å². The van der Waals surface area contributed by atoms with Gasteiger partial charge in [-0.1, -0.05) is 19.1 Å². The van der Waals surface area contributed by atoms with E-state index in [1.165, 1.54) is 0 Å². The minimum atomic E-state index is -4.63. The molecule has 4 nitrogen and oxygen atoms in total. The molecule has 4 rings (SSSR count). The number of benzene rings is 2. The molecular formula is C22H20F4N2O2. The van der Waals surface area contributed by atoms with Crippen molar-refractivity contribution in [3.8, 4) is 11.3 Å². The zero-order chi connectivity index (χ0) is 21.5. The molecule has 1 aliphatic carbocycles. The summed E-state index contributed by atoms with van der Waals surface area (Å²) >= 11 is 0. The number of nitrogens with zero attached hydrogens (tertiary/aromatic N) is 1. The van der Waals surface area contributed by atoms with Crippen LogP contribution in [-0.2, 0) is 25.4 Å². The number of aliphatic hydroxyl groups is 1. The van der Waals surface area contributed by atoms with Gasteiger partial charge in [-0.25, -0.2) is 4.39 Å². The van der Waals surface area contributed by atoms with Gasteiger partial charge in [-0.2, -0.15) is 18.2 Å². The highest BCUT2D eigenvalue weighted by Gasteiger charge is 2.32. The average Bonchev–Trinajstić information content (AvgIpc) is 3.10. The highest BCUT2D eigenvalue weighted by molar-refractivity contribution is 5.66. The first-order valence-corrected chi connectivity index (χ1v) is 9.69. The molecule has 0 spiro atoms. The number of nitrogens with one attached hydrogen (secondary N) is 1. The van der Waals surface area contributed by atoms with Gasteiger partial charge in [0.05, 0.1) is 22.9 Å². The van der Waals surface area contributed by atoms with E-state index >= 15 is 0 Å². The zero-order valence-corrected chi connectivity index (χ0v) is 16.2. The highest BCUT2D eigenvalue weighted by Crippen LogP contribution is 2.36. The van der Waals surface area contributed by atoms with E-state index in [9.17, 15) is 22.7 Å². The fourth-order valence-electron chi connectivity index (χ4n) is 3.73. The number of aryl methyl sites for hydroxylation is 2. The van der Waals surface area contributed by atoms with Crippen LogP contribution >= 0.6 is 0 Å². The Morgan fingerprint density at radius 3 is 2.73 bits per heavy atom. The summed E-state index contributed by atoms with van der Waals surface area (Å²) in [6, 6.07) is 8.19. The number of aromatic nitrogens is 1. The number of aliphatic hydroxyl groups excluding tert-OH is 1. The molecule has 0 saturated carbocycles. The second-order valence-electron chi connectivity index (χ2n) is 7.31. The van der Waals surface area contributed by atoms with Crippen LogP contribution in [0.4, 0.5) is 29.3 Å². The van der Waals surface area contributed by atoms with E-state index in [4.69, 9.17) is 4.42 Å². The third kappa shape index (κ3) is 3.92. The van der Waals surface area contributed by atoms with Crippen LogP contribution in [0.15, 0.2) is 40.8 Å². The molecule has 2 aromatic carbocycles. The molecule has 0 bridgehead atoms. The lowest BCUT2D eigenvalue weighted by atomic mass is 9.88. The van der Waals surface area contributed by atoms with Gasteiger partial charge in [0.15, 0.2) is 5.76 Å². The molecule has 2 N–H and O–H groups in total. The van der Waals surface area contributed by atoms with E-state index in [1.807, 2.05) is 18.2 Å². The minimum Gasteiger partial charge on any atom is -0.423 e. The topological polar surface area (TPSA) is 58.3 Å². The number of hydrogen-bond donors (Lipinski definition) is 2. The summed E-state index contributed by atoms with van der Waals surface area (Å²) in [5.74, 6) is -0.932. The van der Waals surface area contributed by atoms with Crippen molar-refractivity contribution in [1.29, 1.82) is 0 Å². The maximum Gasteiger partial charge on any atom is 0.416 e. The van der Waals surface area contributed by atoms with Gasteiger partial charge in [-0.3, -0.25) is 0 Å². The van der Waals surface area contributed by atoms with E-state index < -0.39 is 23.7 Å². The Morgan fingerprint density at radius 1 is 1.23 bits per heavy atom. The van der Waals surface area contributed by atoms with Crippen LogP contribution < -0.4 is 5.32 Å². The van der Waals surface area contributed by atoms with Crippen molar-refractivity contribution in [3.05, 3.63) is 64.6 Å². The Balaban J connectivity index is 1.68. The number of oxazole rings is 1. The SMILES string of the molecule is CCc1nc(Nc2cccc3c2CC(O)CC3)oc1-c1ccc(C(F)(F)F)cc1F. The molecule has 0 amide bonds. The summed E-state index contributed by atoms with van der Waals surface area (Å²) in [4.78, 5) is 4.35. The molecule has 1 aromatic heterocycles. The van der Waals surface area contributed by atoms with Crippen LogP contribution in [0.1, 0.15) is 35.7 Å². The molecule has 1 heterocycles. The molecule has 30 heavy (non-hydrogen) atoms. The predicted molar refractivity (Wildman–Crippen MR) is 104 cm³/mol. The fraction of sp³-hybridized carbons (Fsp3) is 0.318. The lowest BCUT2D eigenvalue weighted by molar-refractivity contribution is -0.137. The maximum absolute atomic E-state index is 14.5. The van der Waals surface area contributed by atoms with Gasteiger partial charge in [0.2, 0.25) is 0 Å². The second-order valence-corrected chi connectivity index (χ2v) is 7.31. The van der Waals surface area contributed by atoms with Gasteiger partial charge < -0.3 is 14.8 Å². The second kappa shape index (κ2) is 7.75. The third-order valence-electron chi connectivity index (χ3n) is 5.27. The van der Waals surface area contributed by atoms with Crippen LogP contribution in [0.5, 0.6) is 0 Å². The van der Waals surface area contributed by atoms with Crippen molar-refractivity contribution in [2.45, 2.75) is 44.9 Å². The first kappa shape index (κ1) is 20.4. The summed E-state index contributed by atoms with van der Waals surface area (Å²) in [7, 11) is 0. The first-order valence-electron chi connectivity index (χ1n) is 9.69. The van der Waals surface area contributed by atoms with E-state index in [0.29, 0.717) is 31.0 Å². The first-order chi connectivity index (χ1) is 14.3. The standard InChI is InChI=1S/C22H20F4N2O2/c1-2-18-20(15-9-7-13(10-17(15)23)22(24,25)26)30-21(27-18)28-19-5-3-4-12-6-8-14(29)11-16(12)19/h3-5,7,9-10,14,29H,2,6,8,11H2,1H3,(H,27,28). The summed E-state index contributed by atoms with van der Waals surface area (Å²) < 4.78 is 58.7. The van der Waals surface area contributed by atoms with Crippen molar-refractivity contribution in [1.82, 2.24) is 4.98 Å². The summed E-state index contributed by atoms with van der Waals surface area (Å²) in [5, 5.41) is 13.1. The van der Waals surface area contributed by atoms with Crippen molar-refractivity contribution in [2.75, 3.05) is 5.32 Å². The summed E-state index contributed by atoms with van der Waals surface area (Å²) in [6.45, 7) is 1.80. The van der Waals surface area contributed by atoms with Crippen molar-refractivity contribution >= 4 is 11.7 Å². The number of halogens is 4. The molecule has 3 aromatic rings. The lowest BCUT2D eigenvalue weighted by Gasteiger charge is -2.23. The Hall–Kier alpha value is -2.87. The molecule has 0 aliphatic heterocycles. The smallest absolute Gasteiger partial charge is 0.416 e. The summed E-state index contributed by atoms with van der Waals surface area (Å²) in [5.41, 5.74) is 2.12. The van der Waals surface area contributed by atoms with Gasteiger partial charge in [-0.05, 0) is 54.7 Å². The number of rotatable bonds is 4. The normalized spacial score (nSPS) is 16.4. The molecule has 0 saturated heterocycles. The molecule has 0 radical (unpaired) electrons. The zero-order valence-electron chi connectivity index (χ0n) is 16.2. The number of alkyl halides is 3. The Bertz CT molecular complexity index is 1080. The Labute approximate surface area is 170 Å². The molecule has 0 fully saturated rings. The van der Waals surface area contributed by atoms with Crippen LogP contribution in [0.25, 0.3) is 11.3 Å². The molecule has 1 aliphatic rings. The molecule has 1 atom stereocenters. The quantitative estimate of drug-likeness (QED) is 0.535. The number of fused-ring (bicyclic) bond motifs is 1. The van der Waals surface area contributed by atoms with Gasteiger partial charge in [0.25, 0.3) is 6.01 Å². The van der Waals surface area contributed by atoms with E-state index in [2.05, 4.69) is 10.3 Å². The van der Waals surface area contributed by atoms with Gasteiger partial charge in [-0.15, -0.1) is 0 Å².